The van der Waals surface area contributed by atoms with E-state index in [1.165, 1.54) is 0 Å². The van der Waals surface area contributed by atoms with Crippen molar-refractivity contribution in [1.82, 2.24) is 15.4 Å². The number of aromatic nitrogens is 2. The van der Waals surface area contributed by atoms with Crippen molar-refractivity contribution < 1.29 is 14.3 Å². The summed E-state index contributed by atoms with van der Waals surface area (Å²) in [5, 5.41) is 4.99. The molecule has 2 aromatic carbocycles. The second kappa shape index (κ2) is 9.82. The molecule has 164 valence electrons. The van der Waals surface area contributed by atoms with Crippen molar-refractivity contribution in [2.75, 3.05) is 13.2 Å². The molecule has 1 N–H and O–H groups in total. The first-order valence-corrected chi connectivity index (χ1v) is 11.3. The molecule has 0 spiro atoms. The Bertz CT molecular complexity index is 1140. The van der Waals surface area contributed by atoms with Crippen LogP contribution in [0.4, 0.5) is 0 Å². The fraction of sp³-hybridized carbons (Fsp3) is 0.250. The predicted molar refractivity (Wildman–Crippen MR) is 125 cm³/mol. The highest BCUT2D eigenvalue weighted by atomic mass is 32.2. The zero-order valence-corrected chi connectivity index (χ0v) is 19.0. The molecular formula is C24H24N4O3S. The third-order valence-electron chi connectivity index (χ3n) is 4.83. The second-order valence-corrected chi connectivity index (χ2v) is 8.36. The number of hydrogen-bond acceptors (Lipinski definition) is 7. The summed E-state index contributed by atoms with van der Waals surface area (Å²) in [6.07, 6.45) is 0. The van der Waals surface area contributed by atoms with Crippen LogP contribution in [0.25, 0.3) is 0 Å². The van der Waals surface area contributed by atoms with Gasteiger partial charge in [0, 0.05) is 28.3 Å². The van der Waals surface area contributed by atoms with E-state index in [4.69, 9.17) is 9.47 Å². The number of aryl methyl sites for hydroxylation is 2. The summed E-state index contributed by atoms with van der Waals surface area (Å²) in [5.74, 6) is 1.87. The number of carbonyl (C=O) groups is 1. The van der Waals surface area contributed by atoms with Crippen molar-refractivity contribution in [3.05, 3.63) is 76.6 Å². The third-order valence-corrected chi connectivity index (χ3v) is 5.75. The number of benzene rings is 2. The molecule has 7 nitrogen and oxygen atoms in total. The maximum atomic E-state index is 12.5. The number of nitrogens with one attached hydrogen (secondary N) is 1. The van der Waals surface area contributed by atoms with Crippen LogP contribution >= 0.6 is 11.8 Å². The Labute approximate surface area is 191 Å². The topological polar surface area (TPSA) is 85.7 Å². The smallest absolute Gasteiger partial charge is 0.271 e. The maximum Gasteiger partial charge on any atom is 0.271 e. The van der Waals surface area contributed by atoms with Gasteiger partial charge in [-0.05, 0) is 62.7 Å². The molecule has 0 fully saturated rings. The third kappa shape index (κ3) is 5.45. The lowest BCUT2D eigenvalue weighted by atomic mass is 10.1. The monoisotopic (exact) mass is 448 g/mol. The summed E-state index contributed by atoms with van der Waals surface area (Å²) in [6.45, 7) is 6.83. The lowest BCUT2D eigenvalue weighted by Gasteiger charge is -2.18. The predicted octanol–water partition coefficient (Wildman–Crippen LogP) is 4.31. The van der Waals surface area contributed by atoms with Crippen molar-refractivity contribution in [1.29, 1.82) is 0 Å². The first-order chi connectivity index (χ1) is 15.5. The Morgan fingerprint density at radius 1 is 0.969 bits per heavy atom. The number of rotatable bonds is 6. The molecule has 0 saturated carbocycles. The number of nitrogens with zero attached hydrogens (tertiary/aromatic N) is 3. The molecule has 0 radical (unpaired) electrons. The van der Waals surface area contributed by atoms with Crippen molar-refractivity contribution in [3.63, 3.8) is 0 Å². The summed E-state index contributed by atoms with van der Waals surface area (Å²) in [4.78, 5) is 21.4. The van der Waals surface area contributed by atoms with Gasteiger partial charge in [0.2, 0.25) is 0 Å². The zero-order chi connectivity index (χ0) is 22.5. The van der Waals surface area contributed by atoms with Gasteiger partial charge in [0.1, 0.15) is 13.2 Å². The SMILES string of the molecule is CC(=NNC(=O)c1ccc(CSc2nc(C)cc(C)n2)cc1)c1ccc2c(c1)OCCO2. The summed E-state index contributed by atoms with van der Waals surface area (Å²) in [5.41, 5.74) is 7.70. The van der Waals surface area contributed by atoms with Gasteiger partial charge in [0.05, 0.1) is 5.71 Å². The lowest BCUT2D eigenvalue weighted by Crippen LogP contribution is -2.19. The Kier molecular flexibility index (Phi) is 6.70. The van der Waals surface area contributed by atoms with Gasteiger partial charge in [-0.3, -0.25) is 4.79 Å². The van der Waals surface area contributed by atoms with E-state index in [0.717, 1.165) is 39.2 Å². The fourth-order valence-electron chi connectivity index (χ4n) is 3.19. The van der Waals surface area contributed by atoms with Gasteiger partial charge in [-0.25, -0.2) is 15.4 Å². The van der Waals surface area contributed by atoms with E-state index in [9.17, 15) is 4.79 Å². The quantitative estimate of drug-likeness (QED) is 0.262. The molecular weight excluding hydrogens is 424 g/mol. The molecule has 1 amide bonds. The Morgan fingerprint density at radius 2 is 1.62 bits per heavy atom. The van der Waals surface area contributed by atoms with E-state index >= 15 is 0 Å². The number of ether oxygens (including phenoxy) is 2. The van der Waals surface area contributed by atoms with Crippen molar-refractivity contribution >= 4 is 23.4 Å². The van der Waals surface area contributed by atoms with E-state index in [2.05, 4.69) is 20.5 Å². The molecule has 0 atom stereocenters. The van der Waals surface area contributed by atoms with Crippen LogP contribution in [-0.2, 0) is 5.75 Å². The molecule has 0 bridgehead atoms. The number of thioether (sulfide) groups is 1. The molecule has 8 heteroatoms. The Balaban J connectivity index is 1.35. The molecule has 3 aromatic rings. The van der Waals surface area contributed by atoms with Crippen LogP contribution in [0, 0.1) is 13.8 Å². The highest BCUT2D eigenvalue weighted by molar-refractivity contribution is 7.98. The molecule has 1 aromatic heterocycles. The number of amides is 1. The molecule has 32 heavy (non-hydrogen) atoms. The van der Waals surface area contributed by atoms with Gasteiger partial charge in [-0.2, -0.15) is 5.10 Å². The van der Waals surface area contributed by atoms with Crippen molar-refractivity contribution in [2.45, 2.75) is 31.7 Å². The standard InChI is InChI=1S/C24H24N4O3S/c1-15-12-16(2)26-24(25-15)32-14-18-4-6-19(7-5-18)23(29)28-27-17(3)20-8-9-21-22(13-20)31-11-10-30-21/h4-9,12-13H,10-11,14H2,1-3H3,(H,28,29). The first kappa shape index (κ1) is 21.8. The van der Waals surface area contributed by atoms with Crippen LogP contribution in [0.1, 0.15) is 39.8 Å². The van der Waals surface area contributed by atoms with Gasteiger partial charge >= 0.3 is 0 Å². The van der Waals surface area contributed by atoms with Gasteiger partial charge < -0.3 is 9.47 Å². The number of fused-ring (bicyclic) bond motifs is 1. The minimum absolute atomic E-state index is 0.265. The van der Waals surface area contributed by atoms with E-state index in [0.29, 0.717) is 30.2 Å². The fourth-order valence-corrected chi connectivity index (χ4v) is 4.10. The minimum atomic E-state index is -0.265. The van der Waals surface area contributed by atoms with E-state index in [1.807, 2.05) is 57.2 Å². The average Bonchev–Trinajstić information content (AvgIpc) is 2.80. The van der Waals surface area contributed by atoms with Crippen LogP contribution < -0.4 is 14.9 Å². The molecule has 4 rings (SSSR count). The summed E-state index contributed by atoms with van der Waals surface area (Å²) < 4.78 is 11.1. The lowest BCUT2D eigenvalue weighted by molar-refractivity contribution is 0.0955. The van der Waals surface area contributed by atoms with Gasteiger partial charge in [-0.15, -0.1) is 0 Å². The normalized spacial score (nSPS) is 13.0. The van der Waals surface area contributed by atoms with Gasteiger partial charge in [-0.1, -0.05) is 23.9 Å². The second-order valence-electron chi connectivity index (χ2n) is 7.42. The van der Waals surface area contributed by atoms with Gasteiger partial charge in [0.25, 0.3) is 5.91 Å². The summed E-state index contributed by atoms with van der Waals surface area (Å²) >= 11 is 1.57. The van der Waals surface area contributed by atoms with Crippen LogP contribution in [-0.4, -0.2) is 34.8 Å². The zero-order valence-electron chi connectivity index (χ0n) is 18.2. The number of hydrogen-bond donors (Lipinski definition) is 1. The van der Waals surface area contributed by atoms with Gasteiger partial charge in [0.15, 0.2) is 16.7 Å². The first-order valence-electron chi connectivity index (χ1n) is 10.3. The van der Waals surface area contributed by atoms with Crippen LogP contribution in [0.15, 0.2) is 58.8 Å². The molecule has 0 saturated heterocycles. The highest BCUT2D eigenvalue weighted by Gasteiger charge is 2.13. The highest BCUT2D eigenvalue weighted by Crippen LogP contribution is 2.30. The largest absolute Gasteiger partial charge is 0.486 e. The minimum Gasteiger partial charge on any atom is -0.486 e. The van der Waals surface area contributed by atoms with Crippen molar-refractivity contribution in [3.8, 4) is 11.5 Å². The van der Waals surface area contributed by atoms with Crippen molar-refractivity contribution in [2.24, 2.45) is 5.10 Å². The van der Waals surface area contributed by atoms with E-state index in [1.54, 1.807) is 23.9 Å². The average molecular weight is 449 g/mol. The molecule has 2 heterocycles. The summed E-state index contributed by atoms with van der Waals surface area (Å²) in [6, 6.07) is 15.0. The van der Waals surface area contributed by atoms with Crippen LogP contribution in [0.3, 0.4) is 0 Å². The molecule has 1 aliphatic heterocycles. The van der Waals surface area contributed by atoms with Crippen LogP contribution in [0.2, 0.25) is 0 Å². The van der Waals surface area contributed by atoms with E-state index < -0.39 is 0 Å². The molecule has 1 aliphatic rings. The van der Waals surface area contributed by atoms with Crippen LogP contribution in [0.5, 0.6) is 11.5 Å². The van der Waals surface area contributed by atoms with E-state index in [-0.39, 0.29) is 5.91 Å². The molecule has 0 aliphatic carbocycles. The Hall–Kier alpha value is -3.39. The number of hydrazone groups is 1. The Morgan fingerprint density at radius 3 is 2.34 bits per heavy atom. The summed E-state index contributed by atoms with van der Waals surface area (Å²) in [7, 11) is 0. The maximum absolute atomic E-state index is 12.5. The number of carbonyl (C=O) groups excluding carboxylic acids is 1. The molecule has 0 unspecified atom stereocenters.